The summed E-state index contributed by atoms with van der Waals surface area (Å²) in [6, 6.07) is 5.53. The predicted octanol–water partition coefficient (Wildman–Crippen LogP) is 4.42. The lowest BCUT2D eigenvalue weighted by Crippen LogP contribution is -2.35. The van der Waals surface area contributed by atoms with Gasteiger partial charge in [-0.1, -0.05) is 25.4 Å². The highest BCUT2D eigenvalue weighted by Crippen LogP contribution is 2.44. The van der Waals surface area contributed by atoms with E-state index in [-0.39, 0.29) is 17.3 Å². The first-order valence-electron chi connectivity index (χ1n) is 7.37. The summed E-state index contributed by atoms with van der Waals surface area (Å²) in [4.78, 5) is 11.5. The molecule has 0 bridgehead atoms. The number of carbonyl (C=O) groups is 1. The fourth-order valence-corrected chi connectivity index (χ4v) is 3.66. The van der Waals surface area contributed by atoms with Crippen LogP contribution >= 0.6 is 11.6 Å². The smallest absolute Gasteiger partial charge is 0.306 e. The molecule has 21 heavy (non-hydrogen) atoms. The zero-order valence-electron chi connectivity index (χ0n) is 12.9. The van der Waals surface area contributed by atoms with Gasteiger partial charge in [0.2, 0.25) is 0 Å². The summed E-state index contributed by atoms with van der Waals surface area (Å²) in [6.07, 6.45) is 3.33. The van der Waals surface area contributed by atoms with Crippen molar-refractivity contribution in [1.82, 2.24) is 0 Å². The molecule has 2 atom stereocenters. The van der Waals surface area contributed by atoms with Gasteiger partial charge in [0, 0.05) is 5.02 Å². The summed E-state index contributed by atoms with van der Waals surface area (Å²) in [5, 5.41) is 10.1. The lowest BCUT2D eigenvalue weighted by molar-refractivity contribution is -0.146. The van der Waals surface area contributed by atoms with Gasteiger partial charge in [-0.3, -0.25) is 4.79 Å². The second kappa shape index (κ2) is 6.27. The molecule has 0 aliphatic heterocycles. The lowest BCUT2D eigenvalue weighted by atomic mass is 9.65. The van der Waals surface area contributed by atoms with Gasteiger partial charge in [-0.05, 0) is 60.8 Å². The van der Waals surface area contributed by atoms with Crippen molar-refractivity contribution in [2.24, 2.45) is 17.3 Å². The van der Waals surface area contributed by atoms with Gasteiger partial charge in [0.25, 0.3) is 0 Å². The minimum atomic E-state index is -0.684. The Hall–Kier alpha value is -1.22. The molecule has 2 unspecified atom stereocenters. The average molecular weight is 311 g/mol. The SMILES string of the molecule is COc1ccc(Cl)cc1CC1CC(C)(C)CCC1C(=O)O. The number of benzene rings is 1. The first-order chi connectivity index (χ1) is 9.82. The summed E-state index contributed by atoms with van der Waals surface area (Å²) in [6.45, 7) is 4.43. The minimum absolute atomic E-state index is 0.124. The zero-order valence-corrected chi connectivity index (χ0v) is 13.6. The molecule has 0 aromatic heterocycles. The summed E-state index contributed by atoms with van der Waals surface area (Å²) in [5.74, 6) is -0.0521. The van der Waals surface area contributed by atoms with Crippen LogP contribution in [0, 0.1) is 17.3 Å². The van der Waals surface area contributed by atoms with Crippen molar-refractivity contribution in [3.05, 3.63) is 28.8 Å². The number of hydrogen-bond donors (Lipinski definition) is 1. The van der Waals surface area contributed by atoms with E-state index in [1.807, 2.05) is 12.1 Å². The molecular weight excluding hydrogens is 288 g/mol. The Morgan fingerprint density at radius 1 is 1.48 bits per heavy atom. The van der Waals surface area contributed by atoms with Gasteiger partial charge in [0.15, 0.2) is 0 Å². The number of carboxylic acids is 1. The van der Waals surface area contributed by atoms with E-state index >= 15 is 0 Å². The van der Waals surface area contributed by atoms with Crippen LogP contribution in [0.4, 0.5) is 0 Å². The second-order valence-electron chi connectivity index (χ2n) is 6.77. The number of aliphatic carboxylic acids is 1. The Labute approximate surface area is 131 Å². The van der Waals surface area contributed by atoms with Gasteiger partial charge in [-0.2, -0.15) is 0 Å². The van der Waals surface area contributed by atoms with Crippen LogP contribution in [0.2, 0.25) is 5.02 Å². The lowest BCUT2D eigenvalue weighted by Gasteiger charge is -2.39. The van der Waals surface area contributed by atoms with E-state index < -0.39 is 5.97 Å². The molecule has 1 aromatic carbocycles. The van der Waals surface area contributed by atoms with Crippen LogP contribution in [0.25, 0.3) is 0 Å². The topological polar surface area (TPSA) is 46.5 Å². The first-order valence-corrected chi connectivity index (χ1v) is 7.75. The Morgan fingerprint density at radius 2 is 2.19 bits per heavy atom. The summed E-state index contributed by atoms with van der Waals surface area (Å²) >= 11 is 6.07. The highest BCUT2D eigenvalue weighted by Gasteiger charge is 2.38. The molecule has 0 amide bonds. The molecule has 0 heterocycles. The van der Waals surface area contributed by atoms with Crippen molar-refractivity contribution in [2.75, 3.05) is 7.11 Å². The largest absolute Gasteiger partial charge is 0.496 e. The first kappa shape index (κ1) is 16.2. The molecule has 0 spiro atoms. The van der Waals surface area contributed by atoms with Gasteiger partial charge < -0.3 is 9.84 Å². The van der Waals surface area contributed by atoms with E-state index in [1.54, 1.807) is 13.2 Å². The van der Waals surface area contributed by atoms with Crippen molar-refractivity contribution >= 4 is 17.6 Å². The van der Waals surface area contributed by atoms with Crippen molar-refractivity contribution in [2.45, 2.75) is 39.5 Å². The predicted molar refractivity (Wildman–Crippen MR) is 84.0 cm³/mol. The molecule has 1 aromatic rings. The van der Waals surface area contributed by atoms with E-state index in [9.17, 15) is 9.90 Å². The van der Waals surface area contributed by atoms with Crippen molar-refractivity contribution < 1.29 is 14.6 Å². The number of halogens is 1. The second-order valence-corrected chi connectivity index (χ2v) is 7.21. The zero-order chi connectivity index (χ0) is 15.6. The van der Waals surface area contributed by atoms with Crippen LogP contribution in [-0.2, 0) is 11.2 Å². The average Bonchev–Trinajstić information content (AvgIpc) is 2.37. The maximum atomic E-state index is 11.5. The maximum absolute atomic E-state index is 11.5. The molecule has 116 valence electrons. The Morgan fingerprint density at radius 3 is 2.81 bits per heavy atom. The van der Waals surface area contributed by atoms with Crippen molar-refractivity contribution in [1.29, 1.82) is 0 Å². The number of methoxy groups -OCH3 is 1. The van der Waals surface area contributed by atoms with Crippen LogP contribution in [0.15, 0.2) is 18.2 Å². The Bertz CT molecular complexity index is 525. The standard InChI is InChI=1S/C17H23ClO3/c1-17(2)7-6-14(16(19)20)12(10-17)8-11-9-13(18)4-5-15(11)21-3/h4-5,9,12,14H,6-8,10H2,1-3H3,(H,19,20). The van der Waals surface area contributed by atoms with E-state index in [0.29, 0.717) is 11.4 Å². The summed E-state index contributed by atoms with van der Waals surface area (Å²) in [7, 11) is 1.63. The molecule has 1 fully saturated rings. The van der Waals surface area contributed by atoms with Gasteiger partial charge in [-0.25, -0.2) is 0 Å². The van der Waals surface area contributed by atoms with Gasteiger partial charge >= 0.3 is 5.97 Å². The van der Waals surface area contributed by atoms with Crippen LogP contribution in [0.3, 0.4) is 0 Å². The maximum Gasteiger partial charge on any atom is 0.306 e. The third-order valence-corrected chi connectivity index (χ3v) is 4.79. The molecule has 4 heteroatoms. The molecule has 1 aliphatic rings. The van der Waals surface area contributed by atoms with E-state index in [4.69, 9.17) is 16.3 Å². The Kier molecular flexibility index (Phi) is 4.82. The molecule has 2 rings (SSSR count). The number of ether oxygens (including phenoxy) is 1. The van der Waals surface area contributed by atoms with Gasteiger partial charge in [-0.15, -0.1) is 0 Å². The number of rotatable bonds is 4. The highest BCUT2D eigenvalue weighted by atomic mass is 35.5. The number of hydrogen-bond acceptors (Lipinski definition) is 2. The fraction of sp³-hybridized carbons (Fsp3) is 0.588. The molecule has 3 nitrogen and oxygen atoms in total. The molecule has 0 radical (unpaired) electrons. The van der Waals surface area contributed by atoms with Crippen molar-refractivity contribution in [3.8, 4) is 5.75 Å². The van der Waals surface area contributed by atoms with E-state index in [0.717, 1.165) is 30.6 Å². The Balaban J connectivity index is 2.25. The molecular formula is C17H23ClO3. The molecule has 1 aliphatic carbocycles. The number of carboxylic acid groups (broad SMARTS) is 1. The van der Waals surface area contributed by atoms with Crippen LogP contribution in [0.1, 0.15) is 38.7 Å². The quantitative estimate of drug-likeness (QED) is 0.895. The van der Waals surface area contributed by atoms with Gasteiger partial charge in [0.1, 0.15) is 5.75 Å². The fourth-order valence-electron chi connectivity index (χ4n) is 3.46. The summed E-state index contributed by atoms with van der Waals surface area (Å²) in [5.41, 5.74) is 1.20. The minimum Gasteiger partial charge on any atom is -0.496 e. The van der Waals surface area contributed by atoms with E-state index in [1.165, 1.54) is 0 Å². The summed E-state index contributed by atoms with van der Waals surface area (Å²) < 4.78 is 5.38. The van der Waals surface area contributed by atoms with Crippen LogP contribution in [-0.4, -0.2) is 18.2 Å². The van der Waals surface area contributed by atoms with E-state index in [2.05, 4.69) is 13.8 Å². The third-order valence-electron chi connectivity index (χ3n) is 4.56. The normalized spacial score (nSPS) is 24.6. The van der Waals surface area contributed by atoms with Crippen molar-refractivity contribution in [3.63, 3.8) is 0 Å². The monoisotopic (exact) mass is 310 g/mol. The highest BCUT2D eigenvalue weighted by molar-refractivity contribution is 6.30. The van der Waals surface area contributed by atoms with Gasteiger partial charge in [0.05, 0.1) is 13.0 Å². The molecule has 1 saturated carbocycles. The third kappa shape index (κ3) is 3.91. The van der Waals surface area contributed by atoms with Crippen LogP contribution < -0.4 is 4.74 Å². The molecule has 0 saturated heterocycles. The molecule has 1 N–H and O–H groups in total. The van der Waals surface area contributed by atoms with Crippen LogP contribution in [0.5, 0.6) is 5.75 Å².